The molecule has 1 unspecified atom stereocenters. The molecule has 0 saturated carbocycles. The lowest BCUT2D eigenvalue weighted by atomic mass is 9.93. The zero-order chi connectivity index (χ0) is 18.9. The van der Waals surface area contributed by atoms with Crippen LogP contribution in [-0.2, 0) is 10.5 Å². The first kappa shape index (κ1) is 15.8. The standard InChI is InChI=1S/C21H14ClN3O3/c22-12-7-8-15-14(10-12)21(20(26)23-15)25-17(13-4-1-2-5-18(13)28-21)11-16(24-25)19-6-3-9-27-19/h1-10,17H,11H2,(H,23,26)/t17?,21-/m1/s1. The van der Waals surface area contributed by atoms with E-state index in [0.717, 1.165) is 11.3 Å². The van der Waals surface area contributed by atoms with Gasteiger partial charge >= 0.3 is 5.72 Å². The van der Waals surface area contributed by atoms with Crippen molar-refractivity contribution in [1.82, 2.24) is 5.01 Å². The fraction of sp³-hybridized carbons (Fsp3) is 0.143. The molecule has 3 aliphatic heterocycles. The summed E-state index contributed by atoms with van der Waals surface area (Å²) in [7, 11) is 0. The van der Waals surface area contributed by atoms with Gasteiger partial charge in [0.2, 0.25) is 0 Å². The van der Waals surface area contributed by atoms with Gasteiger partial charge in [-0.2, -0.15) is 5.10 Å². The lowest BCUT2D eigenvalue weighted by molar-refractivity contribution is -0.161. The van der Waals surface area contributed by atoms with E-state index in [0.29, 0.717) is 34.2 Å². The Balaban J connectivity index is 1.60. The summed E-state index contributed by atoms with van der Waals surface area (Å²) in [5, 5.41) is 10.00. The number of ether oxygens (including phenoxy) is 1. The van der Waals surface area contributed by atoms with Gasteiger partial charge in [-0.05, 0) is 36.4 Å². The van der Waals surface area contributed by atoms with Gasteiger partial charge in [-0.25, -0.2) is 5.01 Å². The van der Waals surface area contributed by atoms with Crippen molar-refractivity contribution >= 4 is 28.9 Å². The highest BCUT2D eigenvalue weighted by atomic mass is 35.5. The molecule has 1 aromatic heterocycles. The van der Waals surface area contributed by atoms with E-state index < -0.39 is 5.72 Å². The number of hydrazone groups is 1. The van der Waals surface area contributed by atoms with Crippen molar-refractivity contribution in [2.24, 2.45) is 5.10 Å². The van der Waals surface area contributed by atoms with E-state index in [2.05, 4.69) is 5.32 Å². The van der Waals surface area contributed by atoms with Crippen LogP contribution in [0.2, 0.25) is 5.02 Å². The smallest absolute Gasteiger partial charge is 0.306 e. The van der Waals surface area contributed by atoms with E-state index in [4.69, 9.17) is 25.9 Å². The van der Waals surface area contributed by atoms with Crippen LogP contribution in [-0.4, -0.2) is 16.6 Å². The van der Waals surface area contributed by atoms with Crippen LogP contribution in [0.15, 0.2) is 70.4 Å². The Bertz CT molecular complexity index is 1160. The number of carbonyl (C=O) groups excluding carboxylic acids is 1. The molecule has 3 aromatic rings. The van der Waals surface area contributed by atoms with E-state index in [1.54, 1.807) is 29.5 Å². The molecule has 7 heteroatoms. The van der Waals surface area contributed by atoms with Crippen LogP contribution in [0.25, 0.3) is 0 Å². The minimum Gasteiger partial charge on any atom is -0.463 e. The highest BCUT2D eigenvalue weighted by Crippen LogP contribution is 2.54. The maximum atomic E-state index is 13.3. The van der Waals surface area contributed by atoms with E-state index in [1.165, 1.54) is 0 Å². The van der Waals surface area contributed by atoms with E-state index in [9.17, 15) is 4.79 Å². The molecule has 0 fully saturated rings. The summed E-state index contributed by atoms with van der Waals surface area (Å²) >= 11 is 6.26. The first-order valence-electron chi connectivity index (χ1n) is 8.97. The number of anilines is 1. The molecule has 0 bridgehead atoms. The Hall–Kier alpha value is -3.25. The van der Waals surface area contributed by atoms with Gasteiger partial charge in [0.1, 0.15) is 17.2 Å². The Labute approximate surface area is 165 Å². The number of fused-ring (bicyclic) bond motifs is 6. The monoisotopic (exact) mass is 391 g/mol. The molecule has 2 aromatic carbocycles. The van der Waals surface area contributed by atoms with Crippen molar-refractivity contribution in [2.45, 2.75) is 18.2 Å². The third-order valence-corrected chi connectivity index (χ3v) is 5.71. The van der Waals surface area contributed by atoms with Gasteiger partial charge < -0.3 is 14.5 Å². The second-order valence-electron chi connectivity index (χ2n) is 7.02. The van der Waals surface area contributed by atoms with Crippen LogP contribution in [0.3, 0.4) is 0 Å². The highest BCUT2D eigenvalue weighted by molar-refractivity contribution is 6.31. The maximum Gasteiger partial charge on any atom is 0.306 e. The molecule has 1 spiro atoms. The molecule has 0 radical (unpaired) electrons. The Kier molecular flexibility index (Phi) is 3.04. The molecule has 0 saturated heterocycles. The molecule has 138 valence electrons. The summed E-state index contributed by atoms with van der Waals surface area (Å²) in [4.78, 5) is 13.3. The Morgan fingerprint density at radius 2 is 2.07 bits per heavy atom. The van der Waals surface area contributed by atoms with Crippen molar-refractivity contribution in [2.75, 3.05) is 5.32 Å². The van der Waals surface area contributed by atoms with Crippen LogP contribution in [0.1, 0.15) is 29.3 Å². The Morgan fingerprint density at radius 3 is 2.93 bits per heavy atom. The number of nitrogens with zero attached hydrogens (tertiary/aromatic N) is 2. The number of hydrogen-bond donors (Lipinski definition) is 1. The molecule has 6 nitrogen and oxygen atoms in total. The van der Waals surface area contributed by atoms with Gasteiger partial charge in [-0.1, -0.05) is 29.8 Å². The topological polar surface area (TPSA) is 67.1 Å². The van der Waals surface area contributed by atoms with Crippen LogP contribution in [0.4, 0.5) is 5.69 Å². The first-order valence-corrected chi connectivity index (χ1v) is 9.35. The maximum absolute atomic E-state index is 13.3. The average Bonchev–Trinajstić information content (AvgIpc) is 3.42. The number of rotatable bonds is 1. The van der Waals surface area contributed by atoms with E-state index >= 15 is 0 Å². The summed E-state index contributed by atoms with van der Waals surface area (Å²) in [5.41, 5.74) is 1.69. The quantitative estimate of drug-likeness (QED) is 0.672. The third kappa shape index (κ3) is 1.93. The number of furan rings is 1. The van der Waals surface area contributed by atoms with Gasteiger partial charge in [0.25, 0.3) is 5.91 Å². The van der Waals surface area contributed by atoms with Gasteiger partial charge in [0.05, 0.1) is 23.6 Å². The molecular weight excluding hydrogens is 378 g/mol. The molecule has 4 heterocycles. The zero-order valence-corrected chi connectivity index (χ0v) is 15.3. The molecule has 28 heavy (non-hydrogen) atoms. The van der Waals surface area contributed by atoms with Gasteiger partial charge in [-0.15, -0.1) is 0 Å². The van der Waals surface area contributed by atoms with Gasteiger partial charge in [0, 0.05) is 17.0 Å². The zero-order valence-electron chi connectivity index (χ0n) is 14.6. The first-order chi connectivity index (χ1) is 13.7. The number of hydrogen-bond acceptors (Lipinski definition) is 5. The summed E-state index contributed by atoms with van der Waals surface area (Å²) < 4.78 is 11.9. The van der Waals surface area contributed by atoms with Crippen LogP contribution >= 0.6 is 11.6 Å². The van der Waals surface area contributed by atoms with Gasteiger partial charge in [0.15, 0.2) is 0 Å². The fourth-order valence-electron chi connectivity index (χ4n) is 4.25. The summed E-state index contributed by atoms with van der Waals surface area (Å²) in [6.45, 7) is 0. The lowest BCUT2D eigenvalue weighted by Gasteiger charge is -2.43. The second-order valence-corrected chi connectivity index (χ2v) is 7.45. The number of benzene rings is 2. The summed E-state index contributed by atoms with van der Waals surface area (Å²) in [5.74, 6) is 1.07. The molecule has 6 rings (SSSR count). The van der Waals surface area contributed by atoms with Crippen molar-refractivity contribution in [3.63, 3.8) is 0 Å². The van der Waals surface area contributed by atoms with Crippen LogP contribution in [0.5, 0.6) is 5.75 Å². The summed E-state index contributed by atoms with van der Waals surface area (Å²) in [6, 6.07) is 16.6. The number of carbonyl (C=O) groups is 1. The second kappa shape index (κ2) is 5.39. The largest absolute Gasteiger partial charge is 0.463 e. The number of nitrogens with one attached hydrogen (secondary N) is 1. The van der Waals surface area contributed by atoms with Crippen molar-refractivity contribution in [3.05, 3.63) is 82.8 Å². The molecule has 1 amide bonds. The number of halogens is 1. The molecule has 2 atom stereocenters. The average molecular weight is 392 g/mol. The highest BCUT2D eigenvalue weighted by Gasteiger charge is 2.61. The van der Waals surface area contributed by atoms with Crippen LogP contribution < -0.4 is 10.1 Å². The minimum absolute atomic E-state index is 0.152. The number of para-hydroxylation sites is 1. The minimum atomic E-state index is -1.41. The van der Waals surface area contributed by atoms with E-state index in [1.807, 2.05) is 36.4 Å². The van der Waals surface area contributed by atoms with Crippen molar-refractivity contribution in [1.29, 1.82) is 0 Å². The van der Waals surface area contributed by atoms with Crippen LogP contribution in [0, 0.1) is 0 Å². The predicted octanol–water partition coefficient (Wildman–Crippen LogP) is 4.28. The lowest BCUT2D eigenvalue weighted by Crippen LogP contribution is -2.55. The third-order valence-electron chi connectivity index (χ3n) is 5.48. The fourth-order valence-corrected chi connectivity index (χ4v) is 4.43. The molecule has 0 aliphatic carbocycles. The summed E-state index contributed by atoms with van der Waals surface area (Å²) in [6.07, 6.45) is 2.23. The van der Waals surface area contributed by atoms with Crippen molar-refractivity contribution in [3.8, 4) is 5.75 Å². The van der Waals surface area contributed by atoms with E-state index in [-0.39, 0.29) is 11.9 Å². The predicted molar refractivity (Wildman–Crippen MR) is 103 cm³/mol. The Morgan fingerprint density at radius 1 is 1.18 bits per heavy atom. The van der Waals surface area contributed by atoms with Crippen molar-refractivity contribution < 1.29 is 13.9 Å². The number of amides is 1. The molecule has 3 aliphatic rings. The SMILES string of the molecule is O=C1Nc2ccc(Cl)cc2[C@@]12Oc1ccccc1C1CC(c3ccco3)=NN12. The molecular formula is C21H14ClN3O3. The van der Waals surface area contributed by atoms with Gasteiger partial charge in [-0.3, -0.25) is 4.79 Å². The normalized spacial score (nSPS) is 24.3. The molecule has 1 N–H and O–H groups in total.